The summed E-state index contributed by atoms with van der Waals surface area (Å²) in [6.07, 6.45) is 91.8. The highest BCUT2D eigenvalue weighted by Gasteiger charge is 2.18. The number of aliphatic hydroxyl groups is 2. The number of carbonyl (C=O) groups is 2. The number of amides is 1. The number of carbonyl (C=O) groups excluding carboxylic acids is 2. The number of hydrogen-bond donors (Lipinski definition) is 3. The minimum Gasteiger partial charge on any atom is -0.466 e. The topological polar surface area (TPSA) is 95.9 Å². The van der Waals surface area contributed by atoms with Crippen LogP contribution in [0.25, 0.3) is 0 Å². The highest BCUT2D eigenvalue weighted by atomic mass is 16.5. The molecule has 0 rings (SSSR count). The first kappa shape index (κ1) is 81.6. The Morgan fingerprint density at radius 1 is 0.325 bits per heavy atom. The summed E-state index contributed by atoms with van der Waals surface area (Å²) in [7, 11) is 0. The van der Waals surface area contributed by atoms with E-state index < -0.39 is 12.1 Å². The van der Waals surface area contributed by atoms with Crippen LogP contribution in [-0.2, 0) is 14.3 Å². The van der Waals surface area contributed by atoms with Gasteiger partial charge in [-0.1, -0.05) is 411 Å². The van der Waals surface area contributed by atoms with E-state index in [1.807, 2.05) is 6.08 Å². The zero-order chi connectivity index (χ0) is 59.9. The predicted octanol–water partition coefficient (Wildman–Crippen LogP) is 25.1. The Kier molecular flexibility index (Phi) is 71.8. The fraction of sp³-hybridized carbons (Fsp3) is 0.948. The summed E-state index contributed by atoms with van der Waals surface area (Å²) < 4.78 is 5.51. The van der Waals surface area contributed by atoms with Crippen molar-refractivity contribution in [2.45, 2.75) is 456 Å². The van der Waals surface area contributed by atoms with Crippen molar-refractivity contribution in [2.75, 3.05) is 13.2 Å². The van der Waals surface area contributed by atoms with Gasteiger partial charge in [0.2, 0.25) is 5.91 Å². The minimum atomic E-state index is -0.842. The Morgan fingerprint density at radius 3 is 0.819 bits per heavy atom. The second kappa shape index (κ2) is 73.1. The van der Waals surface area contributed by atoms with Crippen LogP contribution >= 0.6 is 0 Å². The first-order valence-electron chi connectivity index (χ1n) is 38.5. The third-order valence-corrected chi connectivity index (χ3v) is 18.3. The summed E-state index contributed by atoms with van der Waals surface area (Å²) in [5.74, 6) is -0.0347. The van der Waals surface area contributed by atoms with Gasteiger partial charge >= 0.3 is 5.97 Å². The summed E-state index contributed by atoms with van der Waals surface area (Å²) in [4.78, 5) is 24.6. The van der Waals surface area contributed by atoms with Crippen LogP contribution in [0.15, 0.2) is 12.2 Å². The molecular formula is C77H151NO5. The first-order valence-corrected chi connectivity index (χ1v) is 38.5. The molecule has 6 nitrogen and oxygen atoms in total. The lowest BCUT2D eigenvalue weighted by Gasteiger charge is -2.20. The maximum Gasteiger partial charge on any atom is 0.305 e. The number of ether oxygens (including phenoxy) is 1. The van der Waals surface area contributed by atoms with Crippen LogP contribution in [0.5, 0.6) is 0 Å². The molecule has 2 atom stereocenters. The van der Waals surface area contributed by atoms with E-state index in [4.69, 9.17) is 4.74 Å². The molecule has 0 aliphatic heterocycles. The van der Waals surface area contributed by atoms with Crippen molar-refractivity contribution in [1.29, 1.82) is 0 Å². The molecule has 83 heavy (non-hydrogen) atoms. The predicted molar refractivity (Wildman–Crippen MR) is 366 cm³/mol. The van der Waals surface area contributed by atoms with Crippen LogP contribution in [0, 0.1) is 0 Å². The maximum absolute atomic E-state index is 12.5. The molecule has 3 N–H and O–H groups in total. The summed E-state index contributed by atoms with van der Waals surface area (Å²) in [6, 6.07) is -0.625. The Hall–Kier alpha value is -1.40. The van der Waals surface area contributed by atoms with Crippen molar-refractivity contribution in [1.82, 2.24) is 5.32 Å². The molecule has 1 amide bonds. The van der Waals surface area contributed by atoms with Gasteiger partial charge in [-0.2, -0.15) is 0 Å². The van der Waals surface area contributed by atoms with Crippen LogP contribution < -0.4 is 5.32 Å². The Labute approximate surface area is 520 Å². The van der Waals surface area contributed by atoms with Crippen LogP contribution in [-0.4, -0.2) is 47.4 Å². The van der Waals surface area contributed by atoms with E-state index >= 15 is 0 Å². The molecule has 2 unspecified atom stereocenters. The molecule has 0 aromatic rings. The highest BCUT2D eigenvalue weighted by Crippen LogP contribution is 2.20. The van der Waals surface area contributed by atoms with E-state index in [0.717, 1.165) is 38.5 Å². The number of esters is 1. The lowest BCUT2D eigenvalue weighted by atomic mass is 10.0. The number of allylic oxidation sites excluding steroid dienone is 1. The molecule has 0 bridgehead atoms. The van der Waals surface area contributed by atoms with E-state index in [-0.39, 0.29) is 18.5 Å². The molecule has 0 radical (unpaired) electrons. The molecule has 494 valence electrons. The monoisotopic (exact) mass is 1170 g/mol. The lowest BCUT2D eigenvalue weighted by Crippen LogP contribution is -2.45. The van der Waals surface area contributed by atoms with E-state index in [0.29, 0.717) is 19.4 Å². The fourth-order valence-corrected chi connectivity index (χ4v) is 12.5. The van der Waals surface area contributed by atoms with Crippen LogP contribution in [0.1, 0.15) is 444 Å². The molecule has 0 saturated carbocycles. The number of nitrogens with one attached hydrogen (secondary N) is 1. The molecule has 0 aromatic heterocycles. The van der Waals surface area contributed by atoms with Crippen molar-refractivity contribution >= 4 is 11.9 Å². The average molecular weight is 1170 g/mol. The molecule has 6 heteroatoms. The standard InChI is InChI=1S/C77H151NO5/c1-3-5-7-9-11-13-15-17-19-21-22-35-38-41-45-49-53-57-61-65-69-75(80)74(73-79)78-76(81)70-66-62-58-54-50-46-42-39-36-33-31-29-27-25-23-24-26-28-30-32-34-37-40-44-48-52-56-60-64-68-72-83-77(82)71-67-63-59-55-51-47-43-20-18-16-14-12-10-8-6-4-2/h65,69,74-75,79-80H,3-64,66-68,70-73H2,1-2H3,(H,78,81)/b69-65+. The minimum absolute atomic E-state index is 0.0245. The summed E-state index contributed by atoms with van der Waals surface area (Å²) in [6.45, 7) is 4.96. The smallest absolute Gasteiger partial charge is 0.305 e. The number of aliphatic hydroxyl groups excluding tert-OH is 2. The van der Waals surface area contributed by atoms with Gasteiger partial charge in [0.15, 0.2) is 0 Å². The van der Waals surface area contributed by atoms with Crippen molar-refractivity contribution < 1.29 is 24.5 Å². The molecular weight excluding hydrogens is 1020 g/mol. The van der Waals surface area contributed by atoms with Crippen molar-refractivity contribution in [3.8, 4) is 0 Å². The SMILES string of the molecule is CCCCCCCCCCCCCCCCCCCC/C=C/C(O)C(CO)NC(=O)CCCCCCCCCCCCCCCCCCCCCCCCCCCCCCCCOC(=O)CCCCCCCCCCCCCCCCCC. The highest BCUT2D eigenvalue weighted by molar-refractivity contribution is 5.76. The molecule has 0 fully saturated rings. The van der Waals surface area contributed by atoms with Crippen molar-refractivity contribution in [3.05, 3.63) is 12.2 Å². The molecule has 0 saturated heterocycles. The lowest BCUT2D eigenvalue weighted by molar-refractivity contribution is -0.143. The summed E-state index contributed by atoms with van der Waals surface area (Å²) in [5.41, 5.74) is 0. The number of rotatable bonds is 73. The van der Waals surface area contributed by atoms with Gasteiger partial charge in [0.25, 0.3) is 0 Å². The first-order chi connectivity index (χ1) is 41.0. The van der Waals surface area contributed by atoms with Gasteiger partial charge in [-0.15, -0.1) is 0 Å². The molecule has 0 aromatic carbocycles. The van der Waals surface area contributed by atoms with Crippen LogP contribution in [0.4, 0.5) is 0 Å². The van der Waals surface area contributed by atoms with E-state index in [1.165, 1.54) is 379 Å². The van der Waals surface area contributed by atoms with Crippen molar-refractivity contribution in [3.63, 3.8) is 0 Å². The van der Waals surface area contributed by atoms with Gasteiger partial charge in [0, 0.05) is 12.8 Å². The maximum atomic E-state index is 12.5. The third-order valence-electron chi connectivity index (χ3n) is 18.3. The van der Waals surface area contributed by atoms with Gasteiger partial charge in [0.05, 0.1) is 25.4 Å². The summed E-state index contributed by atoms with van der Waals surface area (Å²) >= 11 is 0. The van der Waals surface area contributed by atoms with E-state index in [9.17, 15) is 19.8 Å². The van der Waals surface area contributed by atoms with Gasteiger partial charge < -0.3 is 20.3 Å². The Morgan fingerprint density at radius 2 is 0.554 bits per heavy atom. The fourth-order valence-electron chi connectivity index (χ4n) is 12.5. The Bertz CT molecular complexity index is 1260. The molecule has 0 spiro atoms. The number of unbranched alkanes of at least 4 members (excludes halogenated alkanes) is 62. The zero-order valence-electron chi connectivity index (χ0n) is 56.7. The third kappa shape index (κ3) is 69.6. The molecule has 0 aliphatic rings. The van der Waals surface area contributed by atoms with Gasteiger partial charge in [-0.3, -0.25) is 9.59 Å². The second-order valence-corrected chi connectivity index (χ2v) is 26.7. The summed E-state index contributed by atoms with van der Waals surface area (Å²) in [5, 5.41) is 23.3. The van der Waals surface area contributed by atoms with Crippen LogP contribution in [0.2, 0.25) is 0 Å². The Balaban J connectivity index is 3.34. The average Bonchev–Trinajstić information content (AvgIpc) is 3.49. The van der Waals surface area contributed by atoms with Crippen molar-refractivity contribution in [2.24, 2.45) is 0 Å². The number of hydrogen-bond acceptors (Lipinski definition) is 5. The zero-order valence-corrected chi connectivity index (χ0v) is 56.7. The van der Waals surface area contributed by atoms with Gasteiger partial charge in [-0.25, -0.2) is 0 Å². The molecule has 0 aliphatic carbocycles. The van der Waals surface area contributed by atoms with Gasteiger partial charge in [0.1, 0.15) is 0 Å². The van der Waals surface area contributed by atoms with E-state index in [1.54, 1.807) is 6.08 Å². The van der Waals surface area contributed by atoms with Crippen LogP contribution in [0.3, 0.4) is 0 Å². The largest absolute Gasteiger partial charge is 0.466 e. The molecule has 0 heterocycles. The van der Waals surface area contributed by atoms with E-state index in [2.05, 4.69) is 19.2 Å². The normalized spacial score (nSPS) is 12.5. The second-order valence-electron chi connectivity index (χ2n) is 26.7. The van der Waals surface area contributed by atoms with Gasteiger partial charge in [-0.05, 0) is 32.1 Å². The quantitative estimate of drug-likeness (QED) is 0.0320.